The average Bonchev–Trinajstić information content (AvgIpc) is 3.61. The van der Waals surface area contributed by atoms with E-state index in [1.165, 1.54) is 0 Å². The Kier molecular flexibility index (Phi) is 5.21. The van der Waals surface area contributed by atoms with Crippen LogP contribution in [0.2, 0.25) is 0 Å². The number of hydrogen-bond acceptors (Lipinski definition) is 5. The molecule has 3 N–H and O–H groups in total. The number of aliphatic carboxylic acids is 1. The summed E-state index contributed by atoms with van der Waals surface area (Å²) in [6.45, 7) is 11.9. The van der Waals surface area contributed by atoms with Crippen LogP contribution in [-0.4, -0.2) is 38.3 Å². The second kappa shape index (κ2) is 8.38. The van der Waals surface area contributed by atoms with Crippen molar-refractivity contribution < 1.29 is 15.0 Å². The Morgan fingerprint density at radius 1 is 1.00 bits per heavy atom. The molecule has 0 spiro atoms. The molecule has 0 unspecified atom stereocenters. The molecule has 5 heterocycles. The number of aliphatic hydroxyl groups excluding tert-OH is 1. The molecule has 5 aliphatic rings. The minimum Gasteiger partial charge on any atom is -0.511 e. The number of aliphatic imine (C=N–C) groups is 3. The number of carboxylic acids is 1. The fourth-order valence-electron chi connectivity index (χ4n) is 5.48. The van der Waals surface area contributed by atoms with E-state index < -0.39 is 5.97 Å². The zero-order valence-corrected chi connectivity index (χ0v) is 21.6. The van der Waals surface area contributed by atoms with Crippen LogP contribution in [0.15, 0.2) is 114 Å². The number of fused-ring (bicyclic) bond motifs is 5. The van der Waals surface area contributed by atoms with Crippen molar-refractivity contribution in [2.24, 2.45) is 15.0 Å². The van der Waals surface area contributed by atoms with Crippen molar-refractivity contribution in [1.29, 1.82) is 0 Å². The predicted octanol–water partition coefficient (Wildman–Crippen LogP) is 4.35. The van der Waals surface area contributed by atoms with Gasteiger partial charge in [-0.1, -0.05) is 12.7 Å². The van der Waals surface area contributed by atoms with Gasteiger partial charge >= 0.3 is 5.97 Å². The summed E-state index contributed by atoms with van der Waals surface area (Å²) in [5.41, 5.74) is 11.2. The van der Waals surface area contributed by atoms with Crippen LogP contribution >= 0.6 is 0 Å². The number of rotatable bonds is 3. The number of H-pyrrole nitrogens is 1. The Morgan fingerprint density at radius 2 is 1.79 bits per heavy atom. The molecule has 0 saturated heterocycles. The second-order valence-corrected chi connectivity index (χ2v) is 9.88. The van der Waals surface area contributed by atoms with Gasteiger partial charge in [0.15, 0.2) is 0 Å². The van der Waals surface area contributed by atoms with Gasteiger partial charge in [0.05, 0.1) is 34.2 Å². The SMILES string of the molecule is C=CC1=C(C)C2=CC3=NC(=C4CC(O)=C5C4=NC(=C5C)C=c4[nH]c(cc4C)=CC1=N2)C(/C=C/C(=O)O)=C3C. The highest BCUT2D eigenvalue weighted by Crippen LogP contribution is 2.43. The summed E-state index contributed by atoms with van der Waals surface area (Å²) in [5.74, 6) is -0.804. The molecule has 0 atom stereocenters. The maximum absolute atomic E-state index is 11.4. The molecule has 0 aromatic carbocycles. The van der Waals surface area contributed by atoms with Crippen molar-refractivity contribution in [2.75, 3.05) is 0 Å². The molecule has 4 aliphatic heterocycles. The third-order valence-electron chi connectivity index (χ3n) is 7.53. The molecule has 0 radical (unpaired) electrons. The van der Waals surface area contributed by atoms with Crippen LogP contribution < -0.4 is 10.7 Å². The first-order valence-electron chi connectivity index (χ1n) is 12.4. The van der Waals surface area contributed by atoms with Gasteiger partial charge in [0.1, 0.15) is 5.76 Å². The average molecular weight is 503 g/mol. The molecule has 188 valence electrons. The third-order valence-corrected chi connectivity index (χ3v) is 7.53. The lowest BCUT2D eigenvalue weighted by atomic mass is 9.98. The number of aromatic amines is 1. The van der Waals surface area contributed by atoms with Gasteiger partial charge in [0, 0.05) is 45.5 Å². The van der Waals surface area contributed by atoms with E-state index in [-0.39, 0.29) is 12.2 Å². The van der Waals surface area contributed by atoms with Crippen molar-refractivity contribution in [3.63, 3.8) is 0 Å². The molecule has 0 fully saturated rings. The number of carbonyl (C=O) groups is 1. The minimum atomic E-state index is -1.05. The molecule has 1 aliphatic carbocycles. The second-order valence-electron chi connectivity index (χ2n) is 9.88. The van der Waals surface area contributed by atoms with Crippen LogP contribution in [0.4, 0.5) is 0 Å². The van der Waals surface area contributed by atoms with Crippen LogP contribution in [0.1, 0.15) is 32.8 Å². The maximum atomic E-state index is 11.4. The first kappa shape index (κ1) is 23.6. The number of carboxylic acid groups (broad SMARTS) is 1. The molecule has 6 rings (SSSR count). The Morgan fingerprint density at radius 3 is 2.53 bits per heavy atom. The van der Waals surface area contributed by atoms with Crippen molar-refractivity contribution in [3.05, 3.63) is 115 Å². The highest BCUT2D eigenvalue weighted by molar-refractivity contribution is 6.26. The van der Waals surface area contributed by atoms with Gasteiger partial charge in [-0.15, -0.1) is 0 Å². The summed E-state index contributed by atoms with van der Waals surface area (Å²) in [7, 11) is 0. The number of nitrogens with one attached hydrogen (secondary N) is 1. The van der Waals surface area contributed by atoms with Gasteiger partial charge < -0.3 is 15.2 Å². The van der Waals surface area contributed by atoms with Crippen LogP contribution in [-0.2, 0) is 4.79 Å². The van der Waals surface area contributed by atoms with Gasteiger partial charge in [-0.05, 0) is 80.3 Å². The Labute approximate surface area is 219 Å². The Bertz CT molecular complexity index is 1850. The maximum Gasteiger partial charge on any atom is 0.328 e. The zero-order valence-electron chi connectivity index (χ0n) is 21.6. The lowest BCUT2D eigenvalue weighted by Crippen LogP contribution is -2.12. The summed E-state index contributed by atoms with van der Waals surface area (Å²) in [5, 5.41) is 22.2. The van der Waals surface area contributed by atoms with E-state index in [2.05, 4.69) is 17.6 Å². The molecular weight excluding hydrogens is 476 g/mol. The number of nitrogens with zero attached hydrogens (tertiary/aromatic N) is 3. The first-order valence-corrected chi connectivity index (χ1v) is 12.4. The summed E-state index contributed by atoms with van der Waals surface area (Å²) in [4.78, 5) is 29.7. The molecule has 0 amide bonds. The quantitative estimate of drug-likeness (QED) is 0.535. The van der Waals surface area contributed by atoms with E-state index in [0.29, 0.717) is 22.7 Å². The number of aliphatic hydroxyl groups is 1. The van der Waals surface area contributed by atoms with Crippen molar-refractivity contribution in [2.45, 2.75) is 34.1 Å². The normalized spacial score (nSPS) is 20.3. The number of aromatic nitrogens is 1. The molecule has 38 heavy (non-hydrogen) atoms. The monoisotopic (exact) mass is 502 g/mol. The summed E-state index contributed by atoms with van der Waals surface area (Å²) in [6, 6.07) is 2.08. The van der Waals surface area contributed by atoms with E-state index in [1.54, 1.807) is 6.08 Å². The summed E-state index contributed by atoms with van der Waals surface area (Å²) in [6.07, 6.45) is 10.7. The third kappa shape index (κ3) is 3.50. The zero-order chi connectivity index (χ0) is 26.9. The van der Waals surface area contributed by atoms with Crippen LogP contribution in [0.5, 0.6) is 0 Å². The largest absolute Gasteiger partial charge is 0.511 e. The number of hydrogen-bond donors (Lipinski definition) is 3. The topological polar surface area (TPSA) is 110 Å². The highest BCUT2D eigenvalue weighted by atomic mass is 16.4. The summed E-state index contributed by atoms with van der Waals surface area (Å²) >= 11 is 0. The van der Waals surface area contributed by atoms with Crippen LogP contribution in [0.25, 0.3) is 12.2 Å². The summed E-state index contributed by atoms with van der Waals surface area (Å²) < 4.78 is 0. The van der Waals surface area contributed by atoms with Gasteiger partial charge in [0.2, 0.25) is 0 Å². The standard InChI is InChI=1S/C31H26N4O3/c1-6-19-15(3)23-13-24-16(4)20(7-8-28(37)38)30(34-24)21-11-27(36)29-17(5)25(35-31(21)29)12-22-14(2)9-18(32-22)10-26(19)33-23/h6-10,12-13,32,36H,1,11H2,2-5H3,(H,37,38)/b8-7+,18-10?,22-12?,23-13?,30-21?. The highest BCUT2D eigenvalue weighted by Gasteiger charge is 2.36. The van der Waals surface area contributed by atoms with Crippen LogP contribution in [0, 0.1) is 6.92 Å². The molecule has 1 aromatic heterocycles. The van der Waals surface area contributed by atoms with Gasteiger partial charge in [-0.2, -0.15) is 0 Å². The van der Waals surface area contributed by atoms with E-state index >= 15 is 0 Å². The van der Waals surface area contributed by atoms with Gasteiger partial charge in [-0.25, -0.2) is 19.8 Å². The van der Waals surface area contributed by atoms with Crippen molar-refractivity contribution in [3.8, 4) is 0 Å². The van der Waals surface area contributed by atoms with Gasteiger partial charge in [-0.3, -0.25) is 0 Å². The first-order chi connectivity index (χ1) is 18.2. The van der Waals surface area contributed by atoms with E-state index in [0.717, 1.165) is 72.9 Å². The predicted molar refractivity (Wildman–Crippen MR) is 150 cm³/mol. The van der Waals surface area contributed by atoms with E-state index in [1.807, 2.05) is 52.0 Å². The molecule has 7 nitrogen and oxygen atoms in total. The van der Waals surface area contributed by atoms with E-state index in [9.17, 15) is 15.0 Å². The molecule has 1 aromatic rings. The van der Waals surface area contributed by atoms with Crippen molar-refractivity contribution in [1.82, 2.24) is 4.98 Å². The lowest BCUT2D eigenvalue weighted by Gasteiger charge is -2.06. The Balaban J connectivity index is 1.70. The Hall–Kier alpha value is -4.78. The van der Waals surface area contributed by atoms with Gasteiger partial charge in [0.25, 0.3) is 0 Å². The fourth-order valence-corrected chi connectivity index (χ4v) is 5.48. The molecule has 8 bridgehead atoms. The molecular formula is C31H26N4O3. The minimum absolute atomic E-state index is 0.242. The fraction of sp³-hybridized carbons (Fsp3) is 0.161. The molecule has 7 heteroatoms. The smallest absolute Gasteiger partial charge is 0.328 e. The van der Waals surface area contributed by atoms with Crippen molar-refractivity contribution >= 4 is 35.3 Å². The number of allylic oxidation sites excluding steroid dienone is 10. The number of aryl methyl sites for hydroxylation is 1. The van der Waals surface area contributed by atoms with Crippen LogP contribution in [0.3, 0.4) is 0 Å². The lowest BCUT2D eigenvalue weighted by molar-refractivity contribution is -0.131. The molecule has 0 saturated carbocycles. The van der Waals surface area contributed by atoms with E-state index in [4.69, 9.17) is 15.0 Å².